The van der Waals surface area contributed by atoms with Gasteiger partial charge in [0, 0.05) is 6.42 Å². The number of aromatic nitrogens is 2. The van der Waals surface area contributed by atoms with Crippen LogP contribution in [0.25, 0.3) is 5.69 Å². The van der Waals surface area contributed by atoms with Crippen molar-refractivity contribution >= 4 is 11.6 Å². The third-order valence-electron chi connectivity index (χ3n) is 4.97. The van der Waals surface area contributed by atoms with Gasteiger partial charge >= 0.3 is 0 Å². The quantitative estimate of drug-likeness (QED) is 0.777. The van der Waals surface area contributed by atoms with Gasteiger partial charge in [-0.1, -0.05) is 42.5 Å². The SMILES string of the molecule is Cc1c(NC(=O)CC2CCc3ccccc32)cnn1-c1ccccc1. The molecule has 1 heterocycles. The molecule has 0 aliphatic heterocycles. The first-order valence-electron chi connectivity index (χ1n) is 8.70. The molecule has 0 fully saturated rings. The van der Waals surface area contributed by atoms with Crippen LogP contribution in [0.2, 0.25) is 0 Å². The second-order valence-electron chi connectivity index (χ2n) is 6.58. The Labute approximate surface area is 147 Å². The molecule has 4 heteroatoms. The molecule has 1 aromatic heterocycles. The van der Waals surface area contributed by atoms with Crippen LogP contribution in [-0.2, 0) is 11.2 Å². The van der Waals surface area contributed by atoms with Crippen molar-refractivity contribution in [2.24, 2.45) is 0 Å². The Morgan fingerprint density at radius 1 is 1.16 bits per heavy atom. The van der Waals surface area contributed by atoms with E-state index in [0.29, 0.717) is 12.3 Å². The van der Waals surface area contributed by atoms with Gasteiger partial charge in [-0.2, -0.15) is 5.10 Å². The summed E-state index contributed by atoms with van der Waals surface area (Å²) in [6.07, 6.45) is 4.36. The molecule has 0 radical (unpaired) electrons. The highest BCUT2D eigenvalue weighted by Crippen LogP contribution is 2.35. The lowest BCUT2D eigenvalue weighted by atomic mass is 9.97. The number of amides is 1. The van der Waals surface area contributed by atoms with Crippen molar-refractivity contribution in [2.45, 2.75) is 32.1 Å². The zero-order chi connectivity index (χ0) is 17.2. The minimum atomic E-state index is 0.0532. The topological polar surface area (TPSA) is 46.9 Å². The lowest BCUT2D eigenvalue weighted by Gasteiger charge is -2.12. The van der Waals surface area contributed by atoms with Crippen molar-refractivity contribution in [3.8, 4) is 5.69 Å². The van der Waals surface area contributed by atoms with Crippen molar-refractivity contribution < 1.29 is 4.79 Å². The van der Waals surface area contributed by atoms with Crippen LogP contribution >= 0.6 is 0 Å². The highest BCUT2D eigenvalue weighted by Gasteiger charge is 2.24. The van der Waals surface area contributed by atoms with Gasteiger partial charge < -0.3 is 5.32 Å². The molecule has 1 aliphatic rings. The molecule has 1 N–H and O–H groups in total. The fraction of sp³-hybridized carbons (Fsp3) is 0.238. The molecule has 1 unspecified atom stereocenters. The molecule has 0 bridgehead atoms. The molecule has 4 rings (SSSR count). The van der Waals surface area contributed by atoms with Gasteiger partial charge in [0.25, 0.3) is 0 Å². The Hall–Kier alpha value is -2.88. The number of anilines is 1. The van der Waals surface area contributed by atoms with Crippen LogP contribution in [0, 0.1) is 6.92 Å². The molecule has 1 aliphatic carbocycles. The fourth-order valence-corrected chi connectivity index (χ4v) is 3.64. The van der Waals surface area contributed by atoms with E-state index in [4.69, 9.17) is 0 Å². The average Bonchev–Trinajstić information content (AvgIpc) is 3.20. The van der Waals surface area contributed by atoms with E-state index in [0.717, 1.165) is 29.9 Å². The Kier molecular flexibility index (Phi) is 4.10. The zero-order valence-electron chi connectivity index (χ0n) is 14.3. The van der Waals surface area contributed by atoms with Crippen molar-refractivity contribution in [2.75, 3.05) is 5.32 Å². The molecular formula is C21H21N3O. The van der Waals surface area contributed by atoms with Gasteiger partial charge in [-0.25, -0.2) is 4.68 Å². The monoisotopic (exact) mass is 331 g/mol. The third kappa shape index (κ3) is 3.07. The van der Waals surface area contributed by atoms with Gasteiger partial charge in [-0.3, -0.25) is 4.79 Å². The average molecular weight is 331 g/mol. The Balaban J connectivity index is 1.47. The van der Waals surface area contributed by atoms with Crippen molar-refractivity contribution in [1.82, 2.24) is 9.78 Å². The van der Waals surface area contributed by atoms with E-state index < -0.39 is 0 Å². The molecule has 0 spiro atoms. The predicted molar refractivity (Wildman–Crippen MR) is 99.1 cm³/mol. The lowest BCUT2D eigenvalue weighted by Crippen LogP contribution is -2.15. The summed E-state index contributed by atoms with van der Waals surface area (Å²) in [6.45, 7) is 1.97. The van der Waals surface area contributed by atoms with Crippen molar-refractivity contribution in [3.63, 3.8) is 0 Å². The maximum Gasteiger partial charge on any atom is 0.225 e. The van der Waals surface area contributed by atoms with E-state index in [9.17, 15) is 4.79 Å². The van der Waals surface area contributed by atoms with Crippen LogP contribution in [-0.4, -0.2) is 15.7 Å². The smallest absolute Gasteiger partial charge is 0.225 e. The predicted octanol–water partition coefficient (Wildman–Crippen LogP) is 4.24. The van der Waals surface area contributed by atoms with Gasteiger partial charge in [-0.15, -0.1) is 0 Å². The first-order valence-corrected chi connectivity index (χ1v) is 8.70. The number of nitrogens with zero attached hydrogens (tertiary/aromatic N) is 2. The summed E-state index contributed by atoms with van der Waals surface area (Å²) in [5.41, 5.74) is 5.42. The van der Waals surface area contributed by atoms with Gasteiger partial charge in [0.1, 0.15) is 0 Å². The number of carbonyl (C=O) groups excluding carboxylic acids is 1. The Bertz CT molecular complexity index is 899. The summed E-state index contributed by atoms with van der Waals surface area (Å²) in [7, 11) is 0. The molecule has 1 atom stereocenters. The van der Waals surface area contributed by atoms with Crippen LogP contribution in [0.5, 0.6) is 0 Å². The summed E-state index contributed by atoms with van der Waals surface area (Å²) in [4.78, 5) is 12.5. The third-order valence-corrected chi connectivity index (χ3v) is 4.97. The molecule has 2 aromatic carbocycles. The number of benzene rings is 2. The maximum atomic E-state index is 12.5. The highest BCUT2D eigenvalue weighted by atomic mass is 16.1. The van der Waals surface area contributed by atoms with E-state index in [2.05, 4.69) is 34.7 Å². The fourth-order valence-electron chi connectivity index (χ4n) is 3.64. The number of fused-ring (bicyclic) bond motifs is 1. The molecule has 0 saturated heterocycles. The van der Waals surface area contributed by atoms with E-state index >= 15 is 0 Å². The van der Waals surface area contributed by atoms with Gasteiger partial charge in [0.2, 0.25) is 5.91 Å². The molecule has 3 aromatic rings. The van der Waals surface area contributed by atoms with Crippen molar-refractivity contribution in [1.29, 1.82) is 0 Å². The van der Waals surface area contributed by atoms with E-state index in [1.807, 2.05) is 41.9 Å². The maximum absolute atomic E-state index is 12.5. The van der Waals surface area contributed by atoms with Gasteiger partial charge in [0.15, 0.2) is 0 Å². The molecule has 0 saturated carbocycles. The second kappa shape index (κ2) is 6.55. The number of para-hydroxylation sites is 1. The zero-order valence-corrected chi connectivity index (χ0v) is 14.3. The summed E-state index contributed by atoms with van der Waals surface area (Å²) < 4.78 is 1.85. The summed E-state index contributed by atoms with van der Waals surface area (Å²) in [5, 5.41) is 7.44. The molecule has 25 heavy (non-hydrogen) atoms. The normalized spacial score (nSPS) is 15.8. The minimum absolute atomic E-state index is 0.0532. The number of aryl methyl sites for hydroxylation is 1. The van der Waals surface area contributed by atoms with E-state index in [1.54, 1.807) is 6.20 Å². The summed E-state index contributed by atoms with van der Waals surface area (Å²) in [6, 6.07) is 18.4. The molecular weight excluding hydrogens is 310 g/mol. The number of hydrogen-bond donors (Lipinski definition) is 1. The number of rotatable bonds is 4. The number of hydrogen-bond acceptors (Lipinski definition) is 2. The first-order chi connectivity index (χ1) is 12.2. The Morgan fingerprint density at radius 3 is 2.76 bits per heavy atom. The minimum Gasteiger partial charge on any atom is -0.323 e. The van der Waals surface area contributed by atoms with Crippen LogP contribution in [0.1, 0.15) is 35.6 Å². The summed E-state index contributed by atoms with van der Waals surface area (Å²) >= 11 is 0. The van der Waals surface area contributed by atoms with Crippen LogP contribution in [0.4, 0.5) is 5.69 Å². The van der Waals surface area contributed by atoms with Gasteiger partial charge in [-0.05, 0) is 48.9 Å². The van der Waals surface area contributed by atoms with Crippen LogP contribution < -0.4 is 5.32 Å². The first kappa shape index (κ1) is 15.6. The van der Waals surface area contributed by atoms with E-state index in [-0.39, 0.29) is 5.91 Å². The molecule has 1 amide bonds. The van der Waals surface area contributed by atoms with E-state index in [1.165, 1.54) is 11.1 Å². The number of nitrogens with one attached hydrogen (secondary N) is 1. The highest BCUT2D eigenvalue weighted by molar-refractivity contribution is 5.91. The summed E-state index contributed by atoms with van der Waals surface area (Å²) in [5.74, 6) is 0.373. The molecule has 4 nitrogen and oxygen atoms in total. The lowest BCUT2D eigenvalue weighted by molar-refractivity contribution is -0.116. The van der Waals surface area contributed by atoms with Crippen LogP contribution in [0.3, 0.4) is 0 Å². The van der Waals surface area contributed by atoms with Gasteiger partial charge in [0.05, 0.1) is 23.3 Å². The largest absolute Gasteiger partial charge is 0.323 e. The van der Waals surface area contributed by atoms with Crippen molar-refractivity contribution in [3.05, 3.63) is 77.6 Å². The number of carbonyl (C=O) groups is 1. The Morgan fingerprint density at radius 2 is 1.92 bits per heavy atom. The second-order valence-corrected chi connectivity index (χ2v) is 6.58. The molecule has 126 valence electrons. The standard InChI is InChI=1S/C21H21N3O/c1-15-20(14-22-24(15)18-8-3-2-4-9-18)23-21(25)13-17-12-11-16-7-5-6-10-19(16)17/h2-10,14,17H,11-13H2,1H3,(H,23,25). The van der Waals surface area contributed by atoms with Crippen LogP contribution in [0.15, 0.2) is 60.8 Å².